The predicted octanol–water partition coefficient (Wildman–Crippen LogP) is 2.16. The van der Waals surface area contributed by atoms with Crippen molar-refractivity contribution < 1.29 is 13.2 Å². The number of carbonyl (C=O) groups excluding carboxylic acids is 1. The van der Waals surface area contributed by atoms with Crippen LogP contribution in [0.3, 0.4) is 0 Å². The van der Waals surface area contributed by atoms with Crippen molar-refractivity contribution in [2.75, 3.05) is 18.6 Å². The van der Waals surface area contributed by atoms with Gasteiger partial charge in [-0.05, 0) is 25.3 Å². The Bertz CT molecular complexity index is 909. The highest BCUT2D eigenvalue weighted by atomic mass is 32.2. The normalized spacial score (nSPS) is 19.7. The lowest BCUT2D eigenvalue weighted by atomic mass is 10.1. The highest BCUT2D eigenvalue weighted by molar-refractivity contribution is 8.00. The van der Waals surface area contributed by atoms with Gasteiger partial charge in [-0.2, -0.15) is 0 Å². The molecule has 1 N–H and O–H groups in total. The number of nitrogens with one attached hydrogen (secondary N) is 1. The summed E-state index contributed by atoms with van der Waals surface area (Å²) in [5, 5.41) is 7.21. The zero-order valence-electron chi connectivity index (χ0n) is 15.7. The summed E-state index contributed by atoms with van der Waals surface area (Å²) in [5.74, 6) is 0.749. The molecule has 0 radical (unpaired) electrons. The summed E-state index contributed by atoms with van der Waals surface area (Å²) >= 11 is 1.27. The largest absolute Gasteiger partial charge is 0.341 e. The van der Waals surface area contributed by atoms with E-state index in [0.29, 0.717) is 17.4 Å². The van der Waals surface area contributed by atoms with E-state index in [-0.39, 0.29) is 23.5 Å². The fraction of sp³-hybridized carbons (Fsp3) is 0.500. The smallest absolute Gasteiger partial charge is 0.235 e. The van der Waals surface area contributed by atoms with Crippen molar-refractivity contribution >= 4 is 27.5 Å². The molecule has 2 atom stereocenters. The van der Waals surface area contributed by atoms with E-state index >= 15 is 0 Å². The molecule has 2 aromatic rings. The number of carbonyl (C=O) groups is 1. The van der Waals surface area contributed by atoms with Crippen LogP contribution in [0, 0.1) is 0 Å². The number of hydrogen-bond acceptors (Lipinski definition) is 6. The molecule has 1 saturated heterocycles. The number of benzene rings is 1. The standard InChI is InChI=1S/C18H24N4O3S2/c1-4-13-5-7-14(8-6-13)16-19-18(21-20-16)26-12(2)17(23)22(3)15-9-10-27(24,25)11-15/h5-8,12,15H,4,9-11H2,1-3H3,(H,19,20,21)/t12-,15-/m0/s1. The van der Waals surface area contributed by atoms with Gasteiger partial charge in [0.15, 0.2) is 15.7 Å². The van der Waals surface area contributed by atoms with Crippen LogP contribution in [-0.2, 0) is 21.1 Å². The first-order valence-corrected chi connectivity index (χ1v) is 11.6. The predicted molar refractivity (Wildman–Crippen MR) is 106 cm³/mol. The molecule has 0 bridgehead atoms. The first-order chi connectivity index (χ1) is 12.8. The zero-order valence-corrected chi connectivity index (χ0v) is 17.3. The van der Waals surface area contributed by atoms with Gasteiger partial charge >= 0.3 is 0 Å². The minimum absolute atomic E-state index is 0.0468. The van der Waals surface area contributed by atoms with Gasteiger partial charge in [0.2, 0.25) is 11.1 Å². The average molecular weight is 409 g/mol. The van der Waals surface area contributed by atoms with Crippen LogP contribution in [0.2, 0.25) is 0 Å². The Balaban J connectivity index is 1.63. The van der Waals surface area contributed by atoms with Gasteiger partial charge in [-0.3, -0.25) is 9.89 Å². The van der Waals surface area contributed by atoms with Gasteiger partial charge in [0, 0.05) is 18.7 Å². The molecule has 1 aromatic heterocycles. The van der Waals surface area contributed by atoms with Crippen LogP contribution in [0.1, 0.15) is 25.8 Å². The summed E-state index contributed by atoms with van der Waals surface area (Å²) in [5.41, 5.74) is 2.20. The molecule has 1 amide bonds. The Kier molecular flexibility index (Phi) is 5.90. The van der Waals surface area contributed by atoms with E-state index < -0.39 is 15.1 Å². The maximum absolute atomic E-state index is 12.6. The maximum atomic E-state index is 12.6. The Morgan fingerprint density at radius 1 is 1.37 bits per heavy atom. The van der Waals surface area contributed by atoms with Gasteiger partial charge < -0.3 is 4.90 Å². The second-order valence-corrected chi connectivity index (χ2v) is 10.3. The molecule has 27 heavy (non-hydrogen) atoms. The number of rotatable bonds is 6. The molecule has 1 fully saturated rings. The first kappa shape index (κ1) is 19.9. The monoisotopic (exact) mass is 408 g/mol. The molecule has 0 spiro atoms. The van der Waals surface area contributed by atoms with E-state index in [1.54, 1.807) is 18.9 Å². The molecule has 7 nitrogen and oxygen atoms in total. The molecule has 0 unspecified atom stereocenters. The second-order valence-electron chi connectivity index (χ2n) is 6.78. The summed E-state index contributed by atoms with van der Waals surface area (Å²) in [6.07, 6.45) is 1.48. The quantitative estimate of drug-likeness (QED) is 0.736. The first-order valence-electron chi connectivity index (χ1n) is 8.94. The summed E-state index contributed by atoms with van der Waals surface area (Å²) in [6, 6.07) is 7.86. The lowest BCUT2D eigenvalue weighted by molar-refractivity contribution is -0.130. The Morgan fingerprint density at radius 2 is 2.07 bits per heavy atom. The Hall–Kier alpha value is -1.87. The van der Waals surface area contributed by atoms with Crippen molar-refractivity contribution in [1.82, 2.24) is 20.1 Å². The second kappa shape index (κ2) is 8.02. The number of sulfone groups is 1. The molecule has 9 heteroatoms. The molecular weight excluding hydrogens is 384 g/mol. The zero-order chi connectivity index (χ0) is 19.6. The topological polar surface area (TPSA) is 96.0 Å². The van der Waals surface area contributed by atoms with Crippen LogP contribution in [0.15, 0.2) is 29.4 Å². The van der Waals surface area contributed by atoms with E-state index in [2.05, 4.69) is 34.2 Å². The van der Waals surface area contributed by atoms with Gasteiger partial charge in [-0.25, -0.2) is 13.4 Å². The van der Waals surface area contributed by atoms with E-state index in [1.165, 1.54) is 17.3 Å². The number of nitrogens with zero attached hydrogens (tertiary/aromatic N) is 3. The van der Waals surface area contributed by atoms with Crippen molar-refractivity contribution in [3.63, 3.8) is 0 Å². The number of hydrogen-bond donors (Lipinski definition) is 1. The van der Waals surface area contributed by atoms with Crippen LogP contribution in [-0.4, -0.2) is 64.3 Å². The van der Waals surface area contributed by atoms with Gasteiger partial charge in [0.05, 0.1) is 16.8 Å². The van der Waals surface area contributed by atoms with Crippen molar-refractivity contribution in [3.05, 3.63) is 29.8 Å². The van der Waals surface area contributed by atoms with E-state index in [0.717, 1.165) is 12.0 Å². The molecule has 0 saturated carbocycles. The van der Waals surface area contributed by atoms with Crippen LogP contribution in [0.25, 0.3) is 11.4 Å². The molecule has 3 rings (SSSR count). The third kappa shape index (κ3) is 4.70. The van der Waals surface area contributed by atoms with Crippen LogP contribution >= 0.6 is 11.8 Å². The molecule has 1 aliphatic rings. The van der Waals surface area contributed by atoms with Crippen LogP contribution < -0.4 is 0 Å². The van der Waals surface area contributed by atoms with Crippen molar-refractivity contribution in [2.45, 2.75) is 43.1 Å². The molecule has 1 aromatic carbocycles. The molecule has 2 heterocycles. The van der Waals surface area contributed by atoms with Gasteiger partial charge in [-0.15, -0.1) is 5.10 Å². The van der Waals surface area contributed by atoms with Crippen LogP contribution in [0.5, 0.6) is 0 Å². The molecule has 146 valence electrons. The van der Waals surface area contributed by atoms with Crippen molar-refractivity contribution in [1.29, 1.82) is 0 Å². The number of thioether (sulfide) groups is 1. The summed E-state index contributed by atoms with van der Waals surface area (Å²) in [7, 11) is -1.35. The van der Waals surface area contributed by atoms with Gasteiger partial charge in [-0.1, -0.05) is 43.0 Å². The minimum atomic E-state index is -3.02. The molecule has 1 aliphatic heterocycles. The fourth-order valence-electron chi connectivity index (χ4n) is 3.08. The lowest BCUT2D eigenvalue weighted by Crippen LogP contribution is -2.41. The van der Waals surface area contributed by atoms with Gasteiger partial charge in [0.25, 0.3) is 0 Å². The number of H-pyrrole nitrogens is 1. The number of amides is 1. The summed E-state index contributed by atoms with van der Waals surface area (Å²) in [6.45, 7) is 3.90. The average Bonchev–Trinajstić information content (AvgIpc) is 3.26. The summed E-state index contributed by atoms with van der Waals surface area (Å²) in [4.78, 5) is 18.7. The van der Waals surface area contributed by atoms with E-state index in [9.17, 15) is 13.2 Å². The number of aromatic amines is 1. The maximum Gasteiger partial charge on any atom is 0.235 e. The third-order valence-corrected chi connectivity index (χ3v) is 7.53. The summed E-state index contributed by atoms with van der Waals surface area (Å²) < 4.78 is 23.3. The van der Waals surface area contributed by atoms with E-state index in [4.69, 9.17) is 0 Å². The number of aryl methyl sites for hydroxylation is 1. The highest BCUT2D eigenvalue weighted by Gasteiger charge is 2.34. The van der Waals surface area contributed by atoms with Crippen molar-refractivity contribution in [2.24, 2.45) is 0 Å². The third-order valence-electron chi connectivity index (χ3n) is 4.83. The SMILES string of the molecule is CCc1ccc(-c2nc(S[C@@H](C)C(=O)N(C)[C@H]3CCS(=O)(=O)C3)n[nH]2)cc1. The van der Waals surface area contributed by atoms with Crippen LogP contribution in [0.4, 0.5) is 0 Å². The van der Waals surface area contributed by atoms with E-state index in [1.807, 2.05) is 12.1 Å². The van der Waals surface area contributed by atoms with Gasteiger partial charge in [0.1, 0.15) is 0 Å². The highest BCUT2D eigenvalue weighted by Crippen LogP contribution is 2.25. The fourth-order valence-corrected chi connectivity index (χ4v) is 5.68. The van der Waals surface area contributed by atoms with Crippen molar-refractivity contribution in [3.8, 4) is 11.4 Å². The Labute approximate surface area is 163 Å². The molecular formula is C18H24N4O3S2. The minimum Gasteiger partial charge on any atom is -0.341 e. The Morgan fingerprint density at radius 3 is 2.67 bits per heavy atom. The number of aromatic nitrogens is 3. The lowest BCUT2D eigenvalue weighted by Gasteiger charge is -2.25. The molecule has 0 aliphatic carbocycles.